The lowest BCUT2D eigenvalue weighted by atomic mass is 9.64. The summed E-state index contributed by atoms with van der Waals surface area (Å²) in [7, 11) is 0. The Kier molecular flexibility index (Phi) is 4.53. The summed E-state index contributed by atoms with van der Waals surface area (Å²) in [6, 6.07) is 10.5. The molecule has 4 rings (SSSR count). The molecule has 1 aromatic carbocycles. The molecule has 0 amide bonds. The largest absolute Gasteiger partial charge is 0.481 e. The second kappa shape index (κ2) is 6.83. The Hall–Kier alpha value is -2.21. The van der Waals surface area contributed by atoms with Gasteiger partial charge in [-0.05, 0) is 43.6 Å². The van der Waals surface area contributed by atoms with Gasteiger partial charge in [0.25, 0.3) is 0 Å². The van der Waals surface area contributed by atoms with Crippen LogP contribution in [0.5, 0.6) is 0 Å². The molecule has 0 unspecified atom stereocenters. The lowest BCUT2D eigenvalue weighted by molar-refractivity contribution is -0.152. The third-order valence-electron chi connectivity index (χ3n) is 6.33. The SMILES string of the molecule is CCn1ncnc1CN1C[C@H]2C[C@H](c3ccccc3)CC[C@@]2(C(=O)O)C1. The zero-order valence-corrected chi connectivity index (χ0v) is 15.2. The number of hydrogen-bond donors (Lipinski definition) is 1. The molecule has 1 aromatic heterocycles. The van der Waals surface area contributed by atoms with Gasteiger partial charge in [-0.1, -0.05) is 30.3 Å². The Morgan fingerprint density at radius 2 is 2.15 bits per heavy atom. The molecule has 2 aromatic rings. The Morgan fingerprint density at radius 1 is 1.35 bits per heavy atom. The van der Waals surface area contributed by atoms with Gasteiger partial charge in [0.2, 0.25) is 0 Å². The van der Waals surface area contributed by atoms with Crippen LogP contribution >= 0.6 is 0 Å². The molecule has 6 heteroatoms. The van der Waals surface area contributed by atoms with E-state index in [-0.39, 0.29) is 5.92 Å². The molecule has 3 atom stereocenters. The second-order valence-corrected chi connectivity index (χ2v) is 7.70. The molecule has 2 fully saturated rings. The number of carbonyl (C=O) groups is 1. The quantitative estimate of drug-likeness (QED) is 0.894. The van der Waals surface area contributed by atoms with E-state index in [1.165, 1.54) is 5.56 Å². The number of likely N-dealkylation sites (tertiary alicyclic amines) is 1. The summed E-state index contributed by atoms with van der Waals surface area (Å²) in [5.41, 5.74) is 0.734. The van der Waals surface area contributed by atoms with Gasteiger partial charge in [0, 0.05) is 19.6 Å². The number of hydrogen-bond acceptors (Lipinski definition) is 4. The fourth-order valence-corrected chi connectivity index (χ4v) is 4.93. The van der Waals surface area contributed by atoms with Gasteiger partial charge in [0.15, 0.2) is 0 Å². The minimum atomic E-state index is -0.631. The van der Waals surface area contributed by atoms with Crippen molar-refractivity contribution < 1.29 is 9.90 Å². The van der Waals surface area contributed by atoms with E-state index >= 15 is 0 Å². The predicted molar refractivity (Wildman–Crippen MR) is 97.6 cm³/mol. The smallest absolute Gasteiger partial charge is 0.311 e. The highest BCUT2D eigenvalue weighted by molar-refractivity contribution is 5.76. The number of benzene rings is 1. The first-order valence-electron chi connectivity index (χ1n) is 9.50. The molecule has 2 heterocycles. The second-order valence-electron chi connectivity index (χ2n) is 7.70. The van der Waals surface area contributed by atoms with Gasteiger partial charge in [0.05, 0.1) is 12.0 Å². The van der Waals surface area contributed by atoms with E-state index < -0.39 is 11.4 Å². The van der Waals surface area contributed by atoms with Crippen LogP contribution in [-0.4, -0.2) is 43.8 Å². The first-order chi connectivity index (χ1) is 12.6. The molecule has 6 nitrogen and oxygen atoms in total. The van der Waals surface area contributed by atoms with Crippen LogP contribution < -0.4 is 0 Å². The molecule has 0 spiro atoms. The zero-order valence-electron chi connectivity index (χ0n) is 15.2. The van der Waals surface area contributed by atoms with Gasteiger partial charge in [-0.25, -0.2) is 9.67 Å². The lowest BCUT2D eigenvalue weighted by Gasteiger charge is -2.38. The Labute approximate surface area is 153 Å². The molecule has 1 aliphatic heterocycles. The molecule has 26 heavy (non-hydrogen) atoms. The molecule has 0 radical (unpaired) electrons. The van der Waals surface area contributed by atoms with E-state index in [9.17, 15) is 9.90 Å². The maximum atomic E-state index is 12.2. The maximum absolute atomic E-state index is 12.2. The fraction of sp³-hybridized carbons (Fsp3) is 0.550. The highest BCUT2D eigenvalue weighted by atomic mass is 16.4. The molecule has 1 saturated heterocycles. The minimum Gasteiger partial charge on any atom is -0.481 e. The summed E-state index contributed by atoms with van der Waals surface area (Å²) in [4.78, 5) is 18.8. The van der Waals surface area contributed by atoms with E-state index in [4.69, 9.17) is 0 Å². The van der Waals surface area contributed by atoms with Crippen molar-refractivity contribution in [1.82, 2.24) is 19.7 Å². The van der Waals surface area contributed by atoms with E-state index in [1.807, 2.05) is 17.7 Å². The van der Waals surface area contributed by atoms with Gasteiger partial charge in [0.1, 0.15) is 12.2 Å². The van der Waals surface area contributed by atoms with Crippen molar-refractivity contribution in [2.75, 3.05) is 13.1 Å². The summed E-state index contributed by atoms with van der Waals surface area (Å²) >= 11 is 0. The number of nitrogens with zero attached hydrogens (tertiary/aromatic N) is 4. The van der Waals surface area contributed by atoms with Crippen LogP contribution in [0, 0.1) is 11.3 Å². The van der Waals surface area contributed by atoms with Crippen LogP contribution in [0.25, 0.3) is 0 Å². The molecule has 2 aliphatic rings. The predicted octanol–water partition coefficient (Wildman–Crippen LogP) is 2.77. The zero-order chi connectivity index (χ0) is 18.1. The summed E-state index contributed by atoms with van der Waals surface area (Å²) in [6.45, 7) is 4.95. The highest BCUT2D eigenvalue weighted by Gasteiger charge is 2.54. The van der Waals surface area contributed by atoms with Crippen molar-refractivity contribution in [2.45, 2.75) is 45.2 Å². The first-order valence-corrected chi connectivity index (χ1v) is 9.50. The maximum Gasteiger partial charge on any atom is 0.311 e. The number of carboxylic acid groups (broad SMARTS) is 1. The number of aliphatic carboxylic acids is 1. The van der Waals surface area contributed by atoms with Gasteiger partial charge < -0.3 is 5.11 Å². The van der Waals surface area contributed by atoms with E-state index in [2.05, 4.69) is 39.2 Å². The number of aryl methyl sites for hydroxylation is 1. The fourth-order valence-electron chi connectivity index (χ4n) is 4.93. The average Bonchev–Trinajstić information content (AvgIpc) is 3.26. The van der Waals surface area contributed by atoms with Crippen molar-refractivity contribution in [3.8, 4) is 0 Å². The van der Waals surface area contributed by atoms with Crippen molar-refractivity contribution >= 4 is 5.97 Å². The van der Waals surface area contributed by atoms with E-state index in [0.717, 1.165) is 38.2 Å². The highest BCUT2D eigenvalue weighted by Crippen LogP contribution is 2.51. The number of fused-ring (bicyclic) bond motifs is 1. The third kappa shape index (κ3) is 2.92. The number of aromatic nitrogens is 3. The summed E-state index contributed by atoms with van der Waals surface area (Å²) < 4.78 is 1.89. The Bertz CT molecular complexity index is 775. The molecular weight excluding hydrogens is 328 g/mol. The van der Waals surface area contributed by atoms with Crippen LogP contribution in [0.2, 0.25) is 0 Å². The number of carboxylic acids is 1. The van der Waals surface area contributed by atoms with Crippen LogP contribution in [0.1, 0.15) is 43.5 Å². The summed E-state index contributed by atoms with van der Waals surface area (Å²) in [5.74, 6) is 0.949. The Morgan fingerprint density at radius 3 is 2.88 bits per heavy atom. The standard InChI is InChI=1S/C20H26N4O2/c1-2-24-18(21-14-22-24)12-23-11-17-10-16(15-6-4-3-5-7-15)8-9-20(17,13-23)19(25)26/h3-7,14,16-17H,2,8-13H2,1H3,(H,25,26)/t16-,17-,20-/m1/s1. The van der Waals surface area contributed by atoms with Crippen molar-refractivity contribution in [3.63, 3.8) is 0 Å². The van der Waals surface area contributed by atoms with Crippen molar-refractivity contribution in [3.05, 3.63) is 48.0 Å². The van der Waals surface area contributed by atoms with Gasteiger partial charge in [-0.3, -0.25) is 9.69 Å². The minimum absolute atomic E-state index is 0.192. The molecule has 138 valence electrons. The number of rotatable bonds is 5. The van der Waals surface area contributed by atoms with Crippen LogP contribution in [0.15, 0.2) is 36.7 Å². The summed E-state index contributed by atoms with van der Waals surface area (Å²) in [6.07, 6.45) is 4.24. The van der Waals surface area contributed by atoms with Gasteiger partial charge >= 0.3 is 5.97 Å². The molecule has 1 saturated carbocycles. The topological polar surface area (TPSA) is 71.2 Å². The van der Waals surface area contributed by atoms with Crippen LogP contribution in [-0.2, 0) is 17.9 Å². The molecule has 1 N–H and O–H groups in total. The van der Waals surface area contributed by atoms with E-state index in [0.29, 0.717) is 19.0 Å². The normalized spacial score (nSPS) is 28.8. The Balaban J connectivity index is 1.53. The lowest BCUT2D eigenvalue weighted by Crippen LogP contribution is -2.42. The van der Waals surface area contributed by atoms with Gasteiger partial charge in [-0.2, -0.15) is 5.10 Å². The van der Waals surface area contributed by atoms with Crippen LogP contribution in [0.4, 0.5) is 0 Å². The van der Waals surface area contributed by atoms with Gasteiger partial charge in [-0.15, -0.1) is 0 Å². The molecular formula is C20H26N4O2. The van der Waals surface area contributed by atoms with Crippen molar-refractivity contribution in [1.29, 1.82) is 0 Å². The van der Waals surface area contributed by atoms with Crippen molar-refractivity contribution in [2.24, 2.45) is 11.3 Å². The van der Waals surface area contributed by atoms with E-state index in [1.54, 1.807) is 6.33 Å². The monoisotopic (exact) mass is 354 g/mol. The molecule has 1 aliphatic carbocycles. The summed E-state index contributed by atoms with van der Waals surface area (Å²) in [5, 5.41) is 14.3. The third-order valence-corrected chi connectivity index (χ3v) is 6.33. The van der Waals surface area contributed by atoms with Crippen LogP contribution in [0.3, 0.4) is 0 Å². The average molecular weight is 354 g/mol. The molecule has 0 bridgehead atoms. The first kappa shape index (κ1) is 17.2.